The van der Waals surface area contributed by atoms with Crippen LogP contribution in [-0.4, -0.2) is 38.0 Å². The summed E-state index contributed by atoms with van der Waals surface area (Å²) in [7, 11) is -3.73. The van der Waals surface area contributed by atoms with Crippen LogP contribution in [0.25, 0.3) is 0 Å². The van der Waals surface area contributed by atoms with Gasteiger partial charge in [0, 0.05) is 0 Å². The summed E-state index contributed by atoms with van der Waals surface area (Å²) in [5.41, 5.74) is 0. The van der Waals surface area contributed by atoms with Gasteiger partial charge in [-0.3, -0.25) is 4.79 Å². The Morgan fingerprint density at radius 3 is 2.57 bits per heavy atom. The Bertz CT molecular complexity index is 583. The minimum atomic E-state index is -3.73. The second-order valence-corrected chi connectivity index (χ2v) is 7.47. The van der Waals surface area contributed by atoms with Gasteiger partial charge in [0.25, 0.3) is 10.0 Å². The quantitative estimate of drug-likeness (QED) is 0.646. The Hall–Kier alpha value is -1.45. The Morgan fingerprint density at radius 2 is 2.10 bits per heavy atom. The molecule has 0 bridgehead atoms. The summed E-state index contributed by atoms with van der Waals surface area (Å²) >= 11 is 1.03. The number of aliphatic carboxylic acids is 1. The predicted octanol–water partition coefficient (Wildman–Crippen LogP) is 0.642. The summed E-state index contributed by atoms with van der Waals surface area (Å²) in [6.45, 7) is 3.02. The van der Waals surface area contributed by atoms with Gasteiger partial charge >= 0.3 is 5.97 Å². The van der Waals surface area contributed by atoms with Crippen molar-refractivity contribution in [3.8, 4) is 0 Å². The number of carbonyl (C=O) groups excluding carboxylic acids is 1. The number of amides is 1. The molecule has 1 heterocycles. The molecule has 1 aromatic rings. The maximum absolute atomic E-state index is 11.8. The Kier molecular flexibility index (Phi) is 6.31. The van der Waals surface area contributed by atoms with Crippen LogP contribution in [0.5, 0.6) is 0 Å². The molecule has 1 aromatic heterocycles. The van der Waals surface area contributed by atoms with Gasteiger partial charge in [-0.1, -0.05) is 26.3 Å². The molecular weight excluding hydrogens is 316 g/mol. The SMILES string of the molecule is CC[C@H](C)[C@H](NC(=O)CNS(=O)(=O)c1cccs1)C(=O)O. The second kappa shape index (κ2) is 7.53. The van der Waals surface area contributed by atoms with E-state index in [0.717, 1.165) is 11.3 Å². The van der Waals surface area contributed by atoms with Crippen molar-refractivity contribution in [2.75, 3.05) is 6.54 Å². The molecule has 0 aliphatic rings. The van der Waals surface area contributed by atoms with Gasteiger partial charge in [-0.2, -0.15) is 0 Å². The second-order valence-electron chi connectivity index (χ2n) is 4.53. The van der Waals surface area contributed by atoms with Crippen LogP contribution < -0.4 is 10.0 Å². The van der Waals surface area contributed by atoms with Crippen LogP contribution in [0.15, 0.2) is 21.7 Å². The van der Waals surface area contributed by atoms with Crippen LogP contribution in [0.1, 0.15) is 20.3 Å². The van der Waals surface area contributed by atoms with E-state index in [-0.39, 0.29) is 10.1 Å². The van der Waals surface area contributed by atoms with E-state index in [1.807, 2.05) is 6.92 Å². The Labute approximate surface area is 127 Å². The molecule has 1 amide bonds. The van der Waals surface area contributed by atoms with Gasteiger partial charge in [0.15, 0.2) is 0 Å². The van der Waals surface area contributed by atoms with Crippen LogP contribution in [-0.2, 0) is 19.6 Å². The lowest BCUT2D eigenvalue weighted by Gasteiger charge is -2.20. The van der Waals surface area contributed by atoms with Crippen molar-refractivity contribution in [2.45, 2.75) is 30.5 Å². The number of rotatable bonds is 8. The Balaban J connectivity index is 2.60. The third-order valence-corrected chi connectivity index (χ3v) is 5.78. The van der Waals surface area contributed by atoms with Crippen molar-refractivity contribution in [1.82, 2.24) is 10.0 Å². The van der Waals surface area contributed by atoms with E-state index >= 15 is 0 Å². The summed E-state index contributed by atoms with van der Waals surface area (Å²) < 4.78 is 25.9. The fourth-order valence-corrected chi connectivity index (χ4v) is 3.58. The molecule has 0 saturated heterocycles. The van der Waals surface area contributed by atoms with Gasteiger partial charge in [0.05, 0.1) is 6.54 Å². The van der Waals surface area contributed by atoms with Crippen molar-refractivity contribution < 1.29 is 23.1 Å². The van der Waals surface area contributed by atoms with Crippen molar-refractivity contribution in [3.05, 3.63) is 17.5 Å². The summed E-state index contributed by atoms with van der Waals surface area (Å²) in [5.74, 6) is -2.07. The highest BCUT2D eigenvalue weighted by Gasteiger charge is 2.26. The van der Waals surface area contributed by atoms with Crippen LogP contribution in [0.3, 0.4) is 0 Å². The third-order valence-electron chi connectivity index (χ3n) is 2.98. The molecule has 7 nitrogen and oxygen atoms in total. The number of nitrogens with one attached hydrogen (secondary N) is 2. The normalized spacial score (nSPS) is 14.4. The number of hydrogen-bond acceptors (Lipinski definition) is 5. The zero-order valence-electron chi connectivity index (χ0n) is 11.7. The molecule has 0 aliphatic heterocycles. The largest absolute Gasteiger partial charge is 0.480 e. The lowest BCUT2D eigenvalue weighted by atomic mass is 9.99. The van der Waals surface area contributed by atoms with E-state index in [2.05, 4.69) is 10.0 Å². The maximum Gasteiger partial charge on any atom is 0.326 e. The van der Waals surface area contributed by atoms with Gasteiger partial charge in [0.1, 0.15) is 10.3 Å². The summed E-state index contributed by atoms with van der Waals surface area (Å²) in [4.78, 5) is 22.8. The standard InChI is InChI=1S/C12H18N2O5S2/c1-3-8(2)11(12(16)17)14-9(15)7-13-21(18,19)10-5-4-6-20-10/h4-6,8,11,13H,3,7H2,1-2H3,(H,14,15)(H,16,17)/t8-,11-/m0/s1. The summed E-state index contributed by atoms with van der Waals surface area (Å²) in [6.07, 6.45) is 0.582. The number of carbonyl (C=O) groups is 2. The van der Waals surface area contributed by atoms with E-state index in [4.69, 9.17) is 5.11 Å². The lowest BCUT2D eigenvalue weighted by molar-refractivity contribution is -0.143. The fourth-order valence-electron chi connectivity index (χ4n) is 1.56. The van der Waals surface area contributed by atoms with Gasteiger partial charge in [-0.15, -0.1) is 11.3 Å². The first kappa shape index (κ1) is 17.6. The lowest BCUT2D eigenvalue weighted by Crippen LogP contribution is -2.48. The van der Waals surface area contributed by atoms with Gasteiger partial charge in [0.2, 0.25) is 5.91 Å². The minimum absolute atomic E-state index is 0.104. The third kappa shape index (κ3) is 5.10. The van der Waals surface area contributed by atoms with E-state index in [0.29, 0.717) is 6.42 Å². The fraction of sp³-hybridized carbons (Fsp3) is 0.500. The zero-order chi connectivity index (χ0) is 16.0. The maximum atomic E-state index is 11.8. The molecule has 9 heteroatoms. The first-order valence-corrected chi connectivity index (χ1v) is 8.69. The van der Waals surface area contributed by atoms with Crippen molar-refractivity contribution >= 4 is 33.2 Å². The molecule has 0 radical (unpaired) electrons. The van der Waals surface area contributed by atoms with Crippen LogP contribution in [0.2, 0.25) is 0 Å². The van der Waals surface area contributed by atoms with E-state index in [1.165, 1.54) is 6.07 Å². The monoisotopic (exact) mass is 334 g/mol. The number of carboxylic acid groups (broad SMARTS) is 1. The van der Waals surface area contributed by atoms with E-state index < -0.39 is 34.5 Å². The topological polar surface area (TPSA) is 113 Å². The zero-order valence-corrected chi connectivity index (χ0v) is 13.3. The molecule has 0 unspecified atom stereocenters. The molecule has 21 heavy (non-hydrogen) atoms. The van der Waals surface area contributed by atoms with Crippen LogP contribution >= 0.6 is 11.3 Å². The Morgan fingerprint density at radius 1 is 1.43 bits per heavy atom. The smallest absolute Gasteiger partial charge is 0.326 e. The molecule has 1 rings (SSSR count). The summed E-state index contributed by atoms with van der Waals surface area (Å²) in [5, 5.41) is 13.0. The molecule has 3 N–H and O–H groups in total. The molecule has 2 atom stereocenters. The number of sulfonamides is 1. The average molecular weight is 334 g/mol. The van der Waals surface area contributed by atoms with Crippen LogP contribution in [0, 0.1) is 5.92 Å². The first-order chi connectivity index (χ1) is 9.77. The van der Waals surface area contributed by atoms with Crippen molar-refractivity contribution in [2.24, 2.45) is 5.92 Å². The number of thiophene rings is 1. The highest BCUT2D eigenvalue weighted by molar-refractivity contribution is 7.91. The molecule has 0 saturated carbocycles. The highest BCUT2D eigenvalue weighted by atomic mass is 32.2. The molecule has 0 aromatic carbocycles. The number of hydrogen-bond donors (Lipinski definition) is 3. The van der Waals surface area contributed by atoms with Gasteiger partial charge in [-0.25, -0.2) is 17.9 Å². The van der Waals surface area contributed by atoms with Gasteiger partial charge < -0.3 is 10.4 Å². The van der Waals surface area contributed by atoms with Crippen LogP contribution in [0.4, 0.5) is 0 Å². The first-order valence-electron chi connectivity index (χ1n) is 6.33. The van der Waals surface area contributed by atoms with Gasteiger partial charge in [-0.05, 0) is 17.4 Å². The minimum Gasteiger partial charge on any atom is -0.480 e. The molecule has 0 fully saturated rings. The highest BCUT2D eigenvalue weighted by Crippen LogP contribution is 2.14. The average Bonchev–Trinajstić information content (AvgIpc) is 2.96. The summed E-state index contributed by atoms with van der Waals surface area (Å²) in [6, 6.07) is 1.97. The van der Waals surface area contributed by atoms with E-state index in [9.17, 15) is 18.0 Å². The van der Waals surface area contributed by atoms with Crippen molar-refractivity contribution in [3.63, 3.8) is 0 Å². The van der Waals surface area contributed by atoms with E-state index in [1.54, 1.807) is 18.4 Å². The predicted molar refractivity (Wildman–Crippen MR) is 78.5 cm³/mol. The molecule has 0 aliphatic carbocycles. The van der Waals surface area contributed by atoms with Crippen molar-refractivity contribution in [1.29, 1.82) is 0 Å². The number of carboxylic acids is 1. The molecule has 118 valence electrons. The molecule has 0 spiro atoms. The molecular formula is C12H18N2O5S2.